The second-order valence-corrected chi connectivity index (χ2v) is 5.57. The van der Waals surface area contributed by atoms with Gasteiger partial charge in [0, 0.05) is 0 Å². The molecule has 2 aliphatic rings. The molecule has 0 atom stereocenters. The van der Waals surface area contributed by atoms with E-state index < -0.39 is 0 Å². The Balaban J connectivity index is 0.000000334. The molecule has 0 saturated carbocycles. The van der Waals surface area contributed by atoms with Gasteiger partial charge in [-0.3, -0.25) is 0 Å². The third kappa shape index (κ3) is 6.26. The van der Waals surface area contributed by atoms with Crippen LogP contribution in [0.4, 0.5) is 0 Å². The van der Waals surface area contributed by atoms with Gasteiger partial charge in [-0.15, -0.1) is 0 Å². The van der Waals surface area contributed by atoms with Gasteiger partial charge in [0.2, 0.25) is 0 Å². The van der Waals surface area contributed by atoms with Gasteiger partial charge in [0.1, 0.15) is 0 Å². The van der Waals surface area contributed by atoms with Gasteiger partial charge in [-0.25, -0.2) is 12.1 Å². The smallest absolute Gasteiger partial charge is 0.0512 e. The topological polar surface area (TPSA) is 0 Å². The van der Waals surface area contributed by atoms with Crippen molar-refractivity contribution in [3.63, 3.8) is 0 Å². The largest absolute Gasteiger partial charge is 1.00 e. The third-order valence-electron chi connectivity index (χ3n) is 4.30. The first-order valence-electron chi connectivity index (χ1n) is 7.76. The van der Waals surface area contributed by atoms with Crippen molar-refractivity contribution in [3.05, 3.63) is 58.7 Å². The minimum absolute atomic E-state index is 0. The number of aryl methyl sites for hydroxylation is 4. The zero-order valence-corrected chi connectivity index (χ0v) is 18.2. The maximum Gasteiger partial charge on any atom is -0.0512 e. The quantitative estimate of drug-likeness (QED) is 0.306. The molecule has 0 nitrogen and oxygen atoms in total. The maximum atomic E-state index is 3.39. The van der Waals surface area contributed by atoms with Gasteiger partial charge >= 0.3 is 28.2 Å². The fraction of sp³-hybridized carbons (Fsp3) is 0.421. The molecule has 3 heteroatoms. The van der Waals surface area contributed by atoms with Gasteiger partial charge < -0.3 is 24.8 Å². The van der Waals surface area contributed by atoms with Crippen molar-refractivity contribution in [1.29, 1.82) is 0 Å². The second-order valence-electron chi connectivity index (χ2n) is 5.57. The van der Waals surface area contributed by atoms with Crippen LogP contribution >= 0.6 is 0 Å². The summed E-state index contributed by atoms with van der Waals surface area (Å²) in [5.74, 6) is 0. The molecule has 0 amide bonds. The van der Waals surface area contributed by atoms with Crippen molar-refractivity contribution in [2.75, 3.05) is 0 Å². The molecule has 4 rings (SSSR count). The first-order valence-corrected chi connectivity index (χ1v) is 10.3. The fourth-order valence-corrected chi connectivity index (χ4v) is 3.23. The van der Waals surface area contributed by atoms with E-state index in [1.807, 2.05) is 0 Å². The first kappa shape index (κ1) is 22.0. The minimum Gasteiger partial charge on any atom is -1.00 e. The van der Waals surface area contributed by atoms with Crippen molar-refractivity contribution in [3.8, 4) is 0 Å². The van der Waals surface area contributed by atoms with Crippen LogP contribution in [0, 0.1) is 0 Å². The SMILES string of the molecule is [CH2]=[Hf+2].[Cl-].[Cl-].c1cc2c([cH-]1)CCCC2.c1cc2c([cH-]1)CCCC2. The molecule has 0 fully saturated rings. The maximum absolute atomic E-state index is 3.39. The van der Waals surface area contributed by atoms with E-state index in [1.165, 1.54) is 51.4 Å². The molecular weight excluding hydrogens is 478 g/mol. The average molecular weight is 502 g/mol. The standard InChI is InChI=1S/2C9H11.CH2.2ClH.Hf/c2*1-2-5-9-7-3-6-8(9)4-1;;;;/h2*3,6-7H,1-2,4-5H2;1H2;2*1H;/q2*-1;;;;+2/p-2. The predicted molar refractivity (Wildman–Crippen MR) is 84.5 cm³/mol. The summed E-state index contributed by atoms with van der Waals surface area (Å²) in [6.45, 7) is 0. The second kappa shape index (κ2) is 12.4. The van der Waals surface area contributed by atoms with Crippen molar-refractivity contribution in [2.45, 2.75) is 51.4 Å². The van der Waals surface area contributed by atoms with Crippen LogP contribution in [0.2, 0.25) is 0 Å². The fourth-order valence-electron chi connectivity index (χ4n) is 3.23. The van der Waals surface area contributed by atoms with Gasteiger partial charge in [-0.1, -0.05) is 51.4 Å². The molecular formula is C19H24Cl2Hf-2. The Morgan fingerprint density at radius 2 is 1.05 bits per heavy atom. The Hall–Kier alpha value is 0.0201. The first-order chi connectivity index (χ1) is 9.93. The molecule has 0 aliphatic heterocycles. The summed E-state index contributed by atoms with van der Waals surface area (Å²) in [5.41, 5.74) is 6.39. The Bertz CT molecular complexity index is 426. The van der Waals surface area contributed by atoms with Crippen LogP contribution in [0.1, 0.15) is 47.9 Å². The van der Waals surface area contributed by atoms with Crippen LogP contribution in [0.25, 0.3) is 0 Å². The van der Waals surface area contributed by atoms with Crippen LogP contribution in [-0.4, -0.2) is 4.26 Å². The summed E-state index contributed by atoms with van der Waals surface area (Å²) in [7, 11) is 0. The Labute approximate surface area is 162 Å². The van der Waals surface area contributed by atoms with Crippen molar-refractivity contribution in [2.24, 2.45) is 0 Å². The molecule has 0 unspecified atom stereocenters. The summed E-state index contributed by atoms with van der Waals surface area (Å²) in [4.78, 5) is 0. The molecule has 2 aromatic rings. The van der Waals surface area contributed by atoms with E-state index in [1.54, 1.807) is 22.3 Å². The molecule has 0 heterocycles. The van der Waals surface area contributed by atoms with Crippen LogP contribution in [-0.2, 0) is 49.6 Å². The van der Waals surface area contributed by atoms with Crippen LogP contribution < -0.4 is 24.8 Å². The van der Waals surface area contributed by atoms with Crippen LogP contribution in [0.3, 0.4) is 0 Å². The van der Waals surface area contributed by atoms with E-state index in [4.69, 9.17) is 0 Å². The summed E-state index contributed by atoms with van der Waals surface area (Å²) in [6.07, 6.45) is 10.9. The Morgan fingerprint density at radius 1 is 0.682 bits per heavy atom. The van der Waals surface area contributed by atoms with Crippen LogP contribution in [0.5, 0.6) is 0 Å². The van der Waals surface area contributed by atoms with E-state index in [2.05, 4.69) is 40.7 Å². The van der Waals surface area contributed by atoms with Gasteiger partial charge in [0.15, 0.2) is 0 Å². The zero-order valence-electron chi connectivity index (χ0n) is 13.1. The third-order valence-corrected chi connectivity index (χ3v) is 4.30. The van der Waals surface area contributed by atoms with E-state index in [0.29, 0.717) is 0 Å². The van der Waals surface area contributed by atoms with Crippen LogP contribution in [0.15, 0.2) is 36.4 Å². The molecule has 0 N–H and O–H groups in total. The monoisotopic (exact) mass is 502 g/mol. The van der Waals surface area contributed by atoms with E-state index in [-0.39, 0.29) is 24.8 Å². The number of hydrogen-bond acceptors (Lipinski definition) is 0. The summed E-state index contributed by atoms with van der Waals surface area (Å²) in [6, 6.07) is 13.4. The average Bonchev–Trinajstić information content (AvgIpc) is 3.18. The predicted octanol–water partition coefficient (Wildman–Crippen LogP) is -1.46. The molecule has 0 radical (unpaired) electrons. The molecule has 120 valence electrons. The molecule has 0 saturated heterocycles. The van der Waals surface area contributed by atoms with Gasteiger partial charge in [-0.2, -0.15) is 46.5 Å². The van der Waals surface area contributed by atoms with Crippen molar-refractivity contribution in [1.82, 2.24) is 0 Å². The summed E-state index contributed by atoms with van der Waals surface area (Å²) < 4.78 is 3.39. The molecule has 22 heavy (non-hydrogen) atoms. The Morgan fingerprint density at radius 3 is 1.41 bits per heavy atom. The van der Waals surface area contributed by atoms with Crippen molar-refractivity contribution < 1.29 is 48.7 Å². The molecule has 0 aromatic heterocycles. The summed E-state index contributed by atoms with van der Waals surface area (Å²) >= 11 is 1.06. The van der Waals surface area contributed by atoms with E-state index in [0.717, 1.165) is 23.9 Å². The molecule has 0 spiro atoms. The number of hydrogen-bond donors (Lipinski definition) is 0. The van der Waals surface area contributed by atoms with Crippen molar-refractivity contribution >= 4 is 4.26 Å². The molecule has 2 aliphatic carbocycles. The number of rotatable bonds is 0. The molecule has 2 aromatic carbocycles. The minimum atomic E-state index is 0. The molecule has 0 bridgehead atoms. The van der Waals surface area contributed by atoms with E-state index >= 15 is 0 Å². The normalized spacial score (nSPS) is 14.5. The number of halogens is 2. The zero-order chi connectivity index (χ0) is 14.2. The van der Waals surface area contributed by atoms with Gasteiger partial charge in [0.25, 0.3) is 0 Å². The van der Waals surface area contributed by atoms with E-state index in [9.17, 15) is 0 Å². The van der Waals surface area contributed by atoms with Gasteiger partial charge in [-0.05, 0) is 0 Å². The van der Waals surface area contributed by atoms with Gasteiger partial charge in [0.05, 0.1) is 0 Å². The number of fused-ring (bicyclic) bond motifs is 2. The summed E-state index contributed by atoms with van der Waals surface area (Å²) in [5, 5.41) is 0. The Kier molecular flexibility index (Phi) is 12.5.